The molecule has 0 aliphatic heterocycles. The molecule has 0 heterocycles. The first-order valence-electron chi connectivity index (χ1n) is 7.17. The molecule has 0 aliphatic rings. The Hall–Kier alpha value is -1.06. The molecule has 3 heteroatoms. The molecule has 1 aromatic rings. The van der Waals surface area contributed by atoms with Gasteiger partial charge in [-0.25, -0.2) is 0 Å². The van der Waals surface area contributed by atoms with Gasteiger partial charge in [0.05, 0.1) is 7.11 Å². The maximum Gasteiger partial charge on any atom is 0.119 e. The Morgan fingerprint density at radius 1 is 1.26 bits per heavy atom. The van der Waals surface area contributed by atoms with Gasteiger partial charge in [-0.2, -0.15) is 0 Å². The zero-order chi connectivity index (χ0) is 14.3. The molecule has 0 saturated heterocycles. The van der Waals surface area contributed by atoms with Crippen LogP contribution in [0.15, 0.2) is 24.3 Å². The van der Waals surface area contributed by atoms with Crippen molar-refractivity contribution in [1.29, 1.82) is 0 Å². The van der Waals surface area contributed by atoms with Gasteiger partial charge >= 0.3 is 0 Å². The average molecular weight is 264 g/mol. The Morgan fingerprint density at radius 2 is 1.95 bits per heavy atom. The molecule has 1 rings (SSSR count). The van der Waals surface area contributed by atoms with Crippen LogP contribution in [0.25, 0.3) is 0 Å². The third kappa shape index (κ3) is 4.51. The molecule has 19 heavy (non-hydrogen) atoms. The SMILES string of the molecule is CCC(CC)N(C)CC(NC)c1cccc(OC)c1. The van der Waals surface area contributed by atoms with Crippen LogP contribution >= 0.6 is 0 Å². The van der Waals surface area contributed by atoms with Crippen LogP contribution in [0.1, 0.15) is 38.3 Å². The predicted molar refractivity (Wildman–Crippen MR) is 81.8 cm³/mol. The van der Waals surface area contributed by atoms with Crippen molar-refractivity contribution in [3.63, 3.8) is 0 Å². The monoisotopic (exact) mass is 264 g/mol. The van der Waals surface area contributed by atoms with Crippen molar-refractivity contribution in [2.45, 2.75) is 38.8 Å². The molecule has 1 atom stereocenters. The Balaban J connectivity index is 2.76. The second-order valence-corrected chi connectivity index (χ2v) is 5.03. The summed E-state index contributed by atoms with van der Waals surface area (Å²) in [4.78, 5) is 2.45. The number of hydrogen-bond donors (Lipinski definition) is 1. The van der Waals surface area contributed by atoms with Crippen LogP contribution in [0.4, 0.5) is 0 Å². The highest BCUT2D eigenvalue weighted by atomic mass is 16.5. The number of likely N-dealkylation sites (N-methyl/N-ethyl adjacent to an activating group) is 2. The van der Waals surface area contributed by atoms with E-state index in [4.69, 9.17) is 4.74 Å². The first-order chi connectivity index (χ1) is 9.15. The zero-order valence-electron chi connectivity index (χ0n) is 12.9. The Morgan fingerprint density at radius 3 is 2.47 bits per heavy atom. The molecular formula is C16H28N2O. The van der Waals surface area contributed by atoms with Crippen molar-refractivity contribution in [3.8, 4) is 5.75 Å². The summed E-state index contributed by atoms with van der Waals surface area (Å²) in [5.41, 5.74) is 1.28. The molecule has 0 bridgehead atoms. The van der Waals surface area contributed by atoms with Gasteiger partial charge in [0, 0.05) is 18.6 Å². The van der Waals surface area contributed by atoms with Crippen molar-refractivity contribution < 1.29 is 4.74 Å². The van der Waals surface area contributed by atoms with Crippen molar-refractivity contribution in [3.05, 3.63) is 29.8 Å². The summed E-state index contributed by atoms with van der Waals surface area (Å²) in [6, 6.07) is 9.30. The average Bonchev–Trinajstić information content (AvgIpc) is 2.46. The van der Waals surface area contributed by atoms with Crippen molar-refractivity contribution in [1.82, 2.24) is 10.2 Å². The van der Waals surface area contributed by atoms with Gasteiger partial charge in [-0.3, -0.25) is 0 Å². The molecule has 108 valence electrons. The fraction of sp³-hybridized carbons (Fsp3) is 0.625. The molecule has 0 aromatic heterocycles. The largest absolute Gasteiger partial charge is 0.497 e. The molecule has 0 amide bonds. The number of ether oxygens (including phenoxy) is 1. The van der Waals surface area contributed by atoms with Gasteiger partial charge in [0.1, 0.15) is 5.75 Å². The first kappa shape index (κ1) is 16.0. The molecule has 1 N–H and O–H groups in total. The van der Waals surface area contributed by atoms with Crippen molar-refractivity contribution >= 4 is 0 Å². The second-order valence-electron chi connectivity index (χ2n) is 5.03. The van der Waals surface area contributed by atoms with Gasteiger partial charge < -0.3 is 15.0 Å². The summed E-state index contributed by atoms with van der Waals surface area (Å²) in [6.07, 6.45) is 2.39. The van der Waals surface area contributed by atoms with Crippen LogP contribution in [0.3, 0.4) is 0 Å². The lowest BCUT2D eigenvalue weighted by atomic mass is 10.0. The lowest BCUT2D eigenvalue weighted by molar-refractivity contribution is 0.208. The van der Waals surface area contributed by atoms with Crippen molar-refractivity contribution in [2.24, 2.45) is 0 Å². The predicted octanol–water partition coefficient (Wildman–Crippen LogP) is 3.08. The summed E-state index contributed by atoms with van der Waals surface area (Å²) in [7, 11) is 5.94. The smallest absolute Gasteiger partial charge is 0.119 e. The zero-order valence-corrected chi connectivity index (χ0v) is 12.9. The standard InChI is InChI=1S/C16H28N2O/c1-6-14(7-2)18(4)12-16(17-3)13-9-8-10-15(11-13)19-5/h8-11,14,16-17H,6-7,12H2,1-5H3. The van der Waals surface area contributed by atoms with Crippen LogP contribution < -0.4 is 10.1 Å². The first-order valence-corrected chi connectivity index (χ1v) is 7.17. The van der Waals surface area contributed by atoms with Gasteiger partial charge in [-0.05, 0) is 44.6 Å². The summed E-state index contributed by atoms with van der Waals surface area (Å²) >= 11 is 0. The fourth-order valence-corrected chi connectivity index (χ4v) is 2.57. The molecule has 1 unspecified atom stereocenters. The fourth-order valence-electron chi connectivity index (χ4n) is 2.57. The number of hydrogen-bond acceptors (Lipinski definition) is 3. The van der Waals surface area contributed by atoms with Crippen LogP contribution in [0.5, 0.6) is 5.75 Å². The number of rotatable bonds is 8. The Bertz CT molecular complexity index is 364. The topological polar surface area (TPSA) is 24.5 Å². The second kappa shape index (κ2) is 8.18. The molecule has 1 aromatic carbocycles. The highest BCUT2D eigenvalue weighted by Gasteiger charge is 2.17. The lowest BCUT2D eigenvalue weighted by Gasteiger charge is -2.30. The summed E-state index contributed by atoms with van der Waals surface area (Å²) < 4.78 is 5.30. The van der Waals surface area contributed by atoms with E-state index in [0.29, 0.717) is 12.1 Å². The van der Waals surface area contributed by atoms with Crippen LogP contribution in [-0.2, 0) is 0 Å². The van der Waals surface area contributed by atoms with E-state index in [9.17, 15) is 0 Å². The van der Waals surface area contributed by atoms with Gasteiger partial charge in [0.25, 0.3) is 0 Å². The highest BCUT2D eigenvalue weighted by Crippen LogP contribution is 2.20. The number of methoxy groups -OCH3 is 1. The van der Waals surface area contributed by atoms with E-state index >= 15 is 0 Å². The minimum Gasteiger partial charge on any atom is -0.497 e. The molecule has 0 aliphatic carbocycles. The van der Waals surface area contributed by atoms with E-state index in [-0.39, 0.29) is 0 Å². The minimum absolute atomic E-state index is 0.334. The van der Waals surface area contributed by atoms with E-state index in [1.807, 2.05) is 13.1 Å². The number of nitrogens with zero attached hydrogens (tertiary/aromatic N) is 1. The number of nitrogens with one attached hydrogen (secondary N) is 1. The lowest BCUT2D eigenvalue weighted by Crippen LogP contribution is -2.37. The Kier molecular flexibility index (Phi) is 6.89. The quantitative estimate of drug-likeness (QED) is 0.781. The maximum absolute atomic E-state index is 5.30. The van der Waals surface area contributed by atoms with Gasteiger partial charge in [-0.15, -0.1) is 0 Å². The molecule has 0 saturated carbocycles. The van der Waals surface area contributed by atoms with Gasteiger partial charge in [0.2, 0.25) is 0 Å². The highest BCUT2D eigenvalue weighted by molar-refractivity contribution is 5.30. The molecule has 3 nitrogen and oxygen atoms in total. The summed E-state index contributed by atoms with van der Waals surface area (Å²) in [5.74, 6) is 0.919. The van der Waals surface area contributed by atoms with Gasteiger partial charge in [0.15, 0.2) is 0 Å². The summed E-state index contributed by atoms with van der Waals surface area (Å²) in [5, 5.41) is 3.41. The minimum atomic E-state index is 0.334. The van der Waals surface area contributed by atoms with E-state index < -0.39 is 0 Å². The van der Waals surface area contributed by atoms with E-state index in [1.165, 1.54) is 18.4 Å². The van der Waals surface area contributed by atoms with Crippen molar-refractivity contribution in [2.75, 3.05) is 27.7 Å². The maximum atomic E-state index is 5.30. The van der Waals surface area contributed by atoms with E-state index in [0.717, 1.165) is 12.3 Å². The summed E-state index contributed by atoms with van der Waals surface area (Å²) in [6.45, 7) is 5.52. The van der Waals surface area contributed by atoms with Crippen LogP contribution in [-0.4, -0.2) is 38.7 Å². The molecule has 0 fully saturated rings. The molecular weight excluding hydrogens is 236 g/mol. The van der Waals surface area contributed by atoms with Crippen LogP contribution in [0.2, 0.25) is 0 Å². The third-order valence-electron chi connectivity index (χ3n) is 3.88. The van der Waals surface area contributed by atoms with E-state index in [1.54, 1.807) is 7.11 Å². The van der Waals surface area contributed by atoms with Crippen LogP contribution in [0, 0.1) is 0 Å². The van der Waals surface area contributed by atoms with E-state index in [2.05, 4.69) is 49.3 Å². The normalized spacial score (nSPS) is 13.0. The Labute approximate surface area is 118 Å². The molecule has 0 radical (unpaired) electrons. The third-order valence-corrected chi connectivity index (χ3v) is 3.88. The van der Waals surface area contributed by atoms with Gasteiger partial charge in [-0.1, -0.05) is 26.0 Å². The molecule has 0 spiro atoms. The number of benzene rings is 1.